The molecule has 3 nitrogen and oxygen atoms in total. The molecule has 1 heterocycles. The molecule has 0 bridgehead atoms. The molecule has 0 saturated carbocycles. The van der Waals surface area contributed by atoms with Crippen molar-refractivity contribution in [2.24, 2.45) is 0 Å². The van der Waals surface area contributed by atoms with E-state index >= 15 is 0 Å². The molecule has 4 heteroatoms. The van der Waals surface area contributed by atoms with Gasteiger partial charge < -0.3 is 5.32 Å². The van der Waals surface area contributed by atoms with Crippen LogP contribution in [0.25, 0.3) is 0 Å². The van der Waals surface area contributed by atoms with Gasteiger partial charge in [-0.1, -0.05) is 19.4 Å². The number of nitrogens with one attached hydrogen (secondary N) is 1. The number of unbranched alkanes of at least 4 members (excludes halogenated alkanes) is 1. The normalized spacial score (nSPS) is 18.1. The van der Waals surface area contributed by atoms with Gasteiger partial charge >= 0.3 is 0 Å². The molecular formula is C17H24FN3. The van der Waals surface area contributed by atoms with E-state index in [2.05, 4.69) is 17.1 Å². The van der Waals surface area contributed by atoms with Gasteiger partial charge in [-0.2, -0.15) is 5.26 Å². The Bertz CT molecular complexity index is 489. The van der Waals surface area contributed by atoms with Crippen LogP contribution in [0.15, 0.2) is 18.2 Å². The van der Waals surface area contributed by atoms with E-state index in [-0.39, 0.29) is 5.56 Å². The summed E-state index contributed by atoms with van der Waals surface area (Å²) in [6.07, 6.45) is 4.82. The van der Waals surface area contributed by atoms with Crippen molar-refractivity contribution in [2.45, 2.75) is 45.2 Å². The summed E-state index contributed by atoms with van der Waals surface area (Å²) in [6, 6.07) is 7.35. The van der Waals surface area contributed by atoms with Crippen LogP contribution >= 0.6 is 0 Å². The maximum absolute atomic E-state index is 13.4. The summed E-state index contributed by atoms with van der Waals surface area (Å²) in [5.74, 6) is -0.432. The largest absolute Gasteiger partial charge is 0.313 e. The summed E-state index contributed by atoms with van der Waals surface area (Å²) < 4.78 is 13.4. The highest BCUT2D eigenvalue weighted by Crippen LogP contribution is 2.14. The lowest BCUT2D eigenvalue weighted by Gasteiger charge is -2.25. The fraction of sp³-hybridized carbons (Fsp3) is 0.588. The van der Waals surface area contributed by atoms with Gasteiger partial charge in [-0.3, -0.25) is 4.90 Å². The minimum Gasteiger partial charge on any atom is -0.313 e. The highest BCUT2D eigenvalue weighted by molar-refractivity contribution is 5.34. The number of nitriles is 1. The van der Waals surface area contributed by atoms with Crippen LogP contribution < -0.4 is 5.32 Å². The lowest BCUT2D eigenvalue weighted by molar-refractivity contribution is 0.237. The van der Waals surface area contributed by atoms with Crippen LogP contribution in [0.4, 0.5) is 4.39 Å². The summed E-state index contributed by atoms with van der Waals surface area (Å²) >= 11 is 0. The van der Waals surface area contributed by atoms with Gasteiger partial charge in [0.1, 0.15) is 11.9 Å². The van der Waals surface area contributed by atoms with E-state index in [0.29, 0.717) is 6.04 Å². The van der Waals surface area contributed by atoms with Crippen LogP contribution in [0, 0.1) is 17.1 Å². The lowest BCUT2D eigenvalue weighted by atomic mass is 10.1. The summed E-state index contributed by atoms with van der Waals surface area (Å²) in [5.41, 5.74) is 1.16. The molecule has 1 N–H and O–H groups in total. The average Bonchev–Trinajstić information content (AvgIpc) is 2.99. The van der Waals surface area contributed by atoms with Crippen LogP contribution in [0.3, 0.4) is 0 Å². The number of nitrogens with zero attached hydrogens (tertiary/aromatic N) is 2. The Hall–Kier alpha value is -1.44. The maximum atomic E-state index is 13.4. The van der Waals surface area contributed by atoms with Crippen LogP contribution in [-0.4, -0.2) is 30.6 Å². The van der Waals surface area contributed by atoms with Gasteiger partial charge in [0, 0.05) is 19.1 Å². The van der Waals surface area contributed by atoms with Crippen molar-refractivity contribution in [3.63, 3.8) is 0 Å². The first kappa shape index (κ1) is 15.9. The predicted octanol–water partition coefficient (Wildman–Crippen LogP) is 3.05. The van der Waals surface area contributed by atoms with Crippen molar-refractivity contribution in [3.8, 4) is 6.07 Å². The van der Waals surface area contributed by atoms with Crippen molar-refractivity contribution >= 4 is 0 Å². The molecule has 0 aliphatic carbocycles. The Morgan fingerprint density at radius 1 is 1.48 bits per heavy atom. The fourth-order valence-corrected chi connectivity index (χ4v) is 2.86. The molecule has 21 heavy (non-hydrogen) atoms. The maximum Gasteiger partial charge on any atom is 0.140 e. The molecule has 1 saturated heterocycles. The Morgan fingerprint density at radius 3 is 3.00 bits per heavy atom. The van der Waals surface area contributed by atoms with E-state index in [4.69, 9.17) is 5.26 Å². The third-order valence-corrected chi connectivity index (χ3v) is 4.03. The molecule has 0 spiro atoms. The van der Waals surface area contributed by atoms with Gasteiger partial charge in [0.2, 0.25) is 0 Å². The summed E-state index contributed by atoms with van der Waals surface area (Å²) in [6.45, 7) is 6.17. The zero-order chi connectivity index (χ0) is 15.1. The van der Waals surface area contributed by atoms with E-state index in [1.807, 2.05) is 6.07 Å². The third-order valence-electron chi connectivity index (χ3n) is 4.03. The van der Waals surface area contributed by atoms with E-state index in [9.17, 15) is 4.39 Å². The third kappa shape index (κ3) is 4.80. The molecule has 2 rings (SSSR count). The van der Waals surface area contributed by atoms with Gasteiger partial charge in [0.15, 0.2) is 0 Å². The molecule has 0 amide bonds. The minimum absolute atomic E-state index is 0.141. The van der Waals surface area contributed by atoms with Crippen molar-refractivity contribution in [1.82, 2.24) is 10.2 Å². The second-order valence-corrected chi connectivity index (χ2v) is 5.81. The van der Waals surface area contributed by atoms with Crippen LogP contribution in [0.2, 0.25) is 0 Å². The zero-order valence-electron chi connectivity index (χ0n) is 12.7. The van der Waals surface area contributed by atoms with Gasteiger partial charge in [-0.15, -0.1) is 0 Å². The van der Waals surface area contributed by atoms with Crippen molar-refractivity contribution < 1.29 is 4.39 Å². The van der Waals surface area contributed by atoms with Crippen LogP contribution in [0.1, 0.15) is 43.7 Å². The molecule has 1 unspecified atom stereocenters. The molecule has 1 aliphatic rings. The van der Waals surface area contributed by atoms with Crippen LogP contribution in [-0.2, 0) is 6.54 Å². The van der Waals surface area contributed by atoms with Gasteiger partial charge in [0.25, 0.3) is 0 Å². The second-order valence-electron chi connectivity index (χ2n) is 5.81. The monoisotopic (exact) mass is 289 g/mol. The fourth-order valence-electron chi connectivity index (χ4n) is 2.86. The molecular weight excluding hydrogens is 265 g/mol. The summed E-state index contributed by atoms with van der Waals surface area (Å²) in [5, 5.41) is 12.5. The quantitative estimate of drug-likeness (QED) is 0.838. The Labute approximate surface area is 126 Å². The minimum atomic E-state index is -0.432. The topological polar surface area (TPSA) is 39.1 Å². The Kier molecular flexibility index (Phi) is 6.16. The molecule has 114 valence electrons. The summed E-state index contributed by atoms with van der Waals surface area (Å²) in [7, 11) is 0. The average molecular weight is 289 g/mol. The second kappa shape index (κ2) is 8.11. The van der Waals surface area contributed by atoms with Gasteiger partial charge in [0.05, 0.1) is 5.56 Å². The first-order valence-corrected chi connectivity index (χ1v) is 7.87. The number of hydrogen-bond donors (Lipinski definition) is 1. The van der Waals surface area contributed by atoms with E-state index in [0.717, 1.165) is 31.7 Å². The standard InChI is InChI=1S/C17H24FN3/c1-2-3-9-21(13-16-5-4-8-20-16)12-14-6-7-17(18)15(10-14)11-19/h6-7,10,16,20H,2-5,8-9,12-13H2,1H3. The van der Waals surface area contributed by atoms with Crippen LogP contribution in [0.5, 0.6) is 0 Å². The number of benzene rings is 1. The molecule has 0 aromatic heterocycles. The first-order valence-electron chi connectivity index (χ1n) is 7.87. The van der Waals surface area contributed by atoms with Crippen molar-refractivity contribution in [3.05, 3.63) is 35.1 Å². The highest BCUT2D eigenvalue weighted by Gasteiger charge is 2.18. The lowest BCUT2D eigenvalue weighted by Crippen LogP contribution is -2.37. The van der Waals surface area contributed by atoms with Crippen molar-refractivity contribution in [1.29, 1.82) is 5.26 Å². The number of hydrogen-bond acceptors (Lipinski definition) is 3. The predicted molar refractivity (Wildman–Crippen MR) is 82.3 cm³/mol. The molecule has 1 fully saturated rings. The number of halogens is 1. The molecule has 1 aromatic rings. The molecule has 1 aliphatic heterocycles. The van der Waals surface area contributed by atoms with E-state index < -0.39 is 5.82 Å². The Balaban J connectivity index is 2.01. The Morgan fingerprint density at radius 2 is 2.33 bits per heavy atom. The van der Waals surface area contributed by atoms with Gasteiger partial charge in [-0.05, 0) is 50.0 Å². The molecule has 1 atom stereocenters. The van der Waals surface area contributed by atoms with E-state index in [1.165, 1.54) is 31.7 Å². The first-order chi connectivity index (χ1) is 10.2. The summed E-state index contributed by atoms with van der Waals surface area (Å²) in [4.78, 5) is 2.42. The molecule has 1 aromatic carbocycles. The molecule has 0 radical (unpaired) electrons. The smallest absolute Gasteiger partial charge is 0.140 e. The SMILES string of the molecule is CCCCN(Cc1ccc(F)c(C#N)c1)CC1CCCN1. The van der Waals surface area contributed by atoms with Gasteiger partial charge in [-0.25, -0.2) is 4.39 Å². The highest BCUT2D eigenvalue weighted by atomic mass is 19.1. The van der Waals surface area contributed by atoms with Crippen molar-refractivity contribution in [2.75, 3.05) is 19.6 Å². The zero-order valence-corrected chi connectivity index (χ0v) is 12.7. The number of rotatable bonds is 7. The van der Waals surface area contributed by atoms with E-state index in [1.54, 1.807) is 12.1 Å².